The largest absolute Gasteiger partial charge is 1.00 e. The van der Waals surface area contributed by atoms with Crippen LogP contribution in [-0.2, 0) is 0 Å². The van der Waals surface area contributed by atoms with Crippen molar-refractivity contribution in [2.75, 3.05) is 6.79 Å². The molecule has 2 rings (SSSR count). The molecule has 1 heterocycles. The summed E-state index contributed by atoms with van der Waals surface area (Å²) < 4.78 is 10.1. The van der Waals surface area contributed by atoms with Gasteiger partial charge in [0, 0.05) is 0 Å². The topological polar surface area (TPSA) is 18.5 Å². The Balaban J connectivity index is 0.000000500. The Morgan fingerprint density at radius 1 is 1.40 bits per heavy atom. The Bertz CT molecular complexity index is 202. The zero-order chi connectivity index (χ0) is 6.10. The molecule has 0 N–H and O–H groups in total. The van der Waals surface area contributed by atoms with Crippen molar-refractivity contribution in [1.82, 2.24) is 0 Å². The maximum Gasteiger partial charge on any atom is 1.00 e. The fourth-order valence-electron chi connectivity index (χ4n) is 0.784. The van der Waals surface area contributed by atoms with Gasteiger partial charge in [-0.1, -0.05) is 0 Å². The van der Waals surface area contributed by atoms with Gasteiger partial charge in [0.1, 0.15) is 0 Å². The first-order chi connectivity index (χ1) is 4.47. The van der Waals surface area contributed by atoms with Crippen LogP contribution in [-0.4, -0.2) is 6.79 Å². The van der Waals surface area contributed by atoms with Crippen LogP contribution in [0, 0.1) is 6.07 Å². The van der Waals surface area contributed by atoms with Gasteiger partial charge in [-0.15, -0.1) is 12.1 Å². The molecule has 0 spiro atoms. The van der Waals surface area contributed by atoms with Crippen molar-refractivity contribution < 1.29 is 28.3 Å². The second kappa shape index (κ2) is 3.00. The van der Waals surface area contributed by atoms with Gasteiger partial charge >= 0.3 is 18.9 Å². The van der Waals surface area contributed by atoms with E-state index in [2.05, 4.69) is 6.07 Å². The molecule has 1 aromatic rings. The Kier molecular flexibility index (Phi) is 2.26. The molecule has 1 aromatic carbocycles. The van der Waals surface area contributed by atoms with E-state index in [1.54, 1.807) is 6.07 Å². The van der Waals surface area contributed by atoms with Crippen molar-refractivity contribution in [3.63, 3.8) is 0 Å². The van der Waals surface area contributed by atoms with Crippen LogP contribution in [0.3, 0.4) is 0 Å². The number of para-hydroxylation sites is 1. The van der Waals surface area contributed by atoms with Crippen LogP contribution < -0.4 is 28.3 Å². The number of hydrogen-bond acceptors (Lipinski definition) is 2. The van der Waals surface area contributed by atoms with Crippen LogP contribution in [0.15, 0.2) is 18.2 Å². The minimum atomic E-state index is 0. The number of rotatable bonds is 0. The van der Waals surface area contributed by atoms with Gasteiger partial charge in [0.2, 0.25) is 6.79 Å². The minimum Gasteiger partial charge on any atom is -0.516 e. The molecule has 3 heteroatoms. The predicted octanol–water partition coefficient (Wildman–Crippen LogP) is -1.78. The monoisotopic (exact) mass is 128 g/mol. The third-order valence-electron chi connectivity index (χ3n) is 1.20. The summed E-state index contributed by atoms with van der Waals surface area (Å²) in [6.45, 7) is 0.329. The summed E-state index contributed by atoms with van der Waals surface area (Å²) in [5.74, 6) is 1.51. The third kappa shape index (κ3) is 1.13. The summed E-state index contributed by atoms with van der Waals surface area (Å²) >= 11 is 0. The standard InChI is InChI=1S/C7H5O2.Li/c1-2-4-7-6(3-1)8-5-9-7;/h1-3H,5H2;/q-1;+1. The number of hydrogen-bond donors (Lipinski definition) is 0. The van der Waals surface area contributed by atoms with Crippen LogP contribution in [0.25, 0.3) is 0 Å². The zero-order valence-electron chi connectivity index (χ0n) is 5.76. The summed E-state index contributed by atoms with van der Waals surface area (Å²) in [6.07, 6.45) is 0. The number of fused-ring (bicyclic) bond motifs is 1. The summed E-state index contributed by atoms with van der Waals surface area (Å²) in [7, 11) is 0. The zero-order valence-corrected chi connectivity index (χ0v) is 5.76. The van der Waals surface area contributed by atoms with E-state index < -0.39 is 0 Å². The fraction of sp³-hybridized carbons (Fsp3) is 0.143. The molecule has 0 fully saturated rings. The minimum absolute atomic E-state index is 0. The van der Waals surface area contributed by atoms with Crippen molar-refractivity contribution in [1.29, 1.82) is 0 Å². The molecular formula is C7H5LiO2. The average molecular weight is 128 g/mol. The Hall–Kier alpha value is -0.583. The smallest absolute Gasteiger partial charge is 0.516 e. The van der Waals surface area contributed by atoms with E-state index in [-0.39, 0.29) is 18.9 Å². The first kappa shape index (κ1) is 7.52. The molecule has 0 radical (unpaired) electrons. The molecular weight excluding hydrogens is 123 g/mol. The van der Waals surface area contributed by atoms with Gasteiger partial charge in [-0.25, -0.2) is 0 Å². The van der Waals surface area contributed by atoms with Crippen molar-refractivity contribution in [3.8, 4) is 11.5 Å². The predicted molar refractivity (Wildman–Crippen MR) is 31.4 cm³/mol. The Labute approximate surface area is 71.3 Å². The maximum absolute atomic E-state index is 5.04. The Morgan fingerprint density at radius 3 is 3.10 bits per heavy atom. The van der Waals surface area contributed by atoms with Crippen molar-refractivity contribution >= 4 is 0 Å². The van der Waals surface area contributed by atoms with E-state index in [4.69, 9.17) is 9.47 Å². The molecule has 0 amide bonds. The van der Waals surface area contributed by atoms with E-state index in [0.29, 0.717) is 6.79 Å². The first-order valence-electron chi connectivity index (χ1n) is 2.73. The van der Waals surface area contributed by atoms with E-state index in [1.807, 2.05) is 12.1 Å². The van der Waals surface area contributed by atoms with Gasteiger partial charge < -0.3 is 9.47 Å². The molecule has 0 unspecified atom stereocenters. The van der Waals surface area contributed by atoms with E-state index in [1.165, 1.54) is 0 Å². The van der Waals surface area contributed by atoms with Gasteiger partial charge in [0.25, 0.3) is 0 Å². The van der Waals surface area contributed by atoms with Crippen LogP contribution >= 0.6 is 0 Å². The molecule has 46 valence electrons. The normalized spacial score (nSPS) is 12.4. The van der Waals surface area contributed by atoms with Gasteiger partial charge in [0.15, 0.2) is 0 Å². The summed E-state index contributed by atoms with van der Waals surface area (Å²) in [6, 6.07) is 8.43. The van der Waals surface area contributed by atoms with Gasteiger partial charge in [-0.05, 0) is 0 Å². The number of ether oxygens (including phenoxy) is 2. The molecule has 2 nitrogen and oxygen atoms in total. The van der Waals surface area contributed by atoms with E-state index in [0.717, 1.165) is 11.5 Å². The fourth-order valence-corrected chi connectivity index (χ4v) is 0.784. The second-order valence-corrected chi connectivity index (χ2v) is 1.77. The molecule has 0 atom stereocenters. The van der Waals surface area contributed by atoms with Gasteiger partial charge in [-0.2, -0.15) is 12.1 Å². The first-order valence-corrected chi connectivity index (χ1v) is 2.73. The molecule has 0 saturated heterocycles. The van der Waals surface area contributed by atoms with Crippen molar-refractivity contribution in [3.05, 3.63) is 24.3 Å². The molecule has 10 heavy (non-hydrogen) atoms. The van der Waals surface area contributed by atoms with E-state index in [9.17, 15) is 0 Å². The Morgan fingerprint density at radius 2 is 2.30 bits per heavy atom. The number of benzene rings is 1. The van der Waals surface area contributed by atoms with Crippen LogP contribution in [0.4, 0.5) is 0 Å². The third-order valence-corrected chi connectivity index (χ3v) is 1.20. The van der Waals surface area contributed by atoms with Gasteiger partial charge in [0.05, 0.1) is 11.5 Å². The molecule has 0 saturated carbocycles. The van der Waals surface area contributed by atoms with E-state index >= 15 is 0 Å². The van der Waals surface area contributed by atoms with Crippen molar-refractivity contribution in [2.24, 2.45) is 0 Å². The second-order valence-electron chi connectivity index (χ2n) is 1.77. The molecule has 1 aliphatic rings. The quantitative estimate of drug-likeness (QED) is 0.304. The van der Waals surface area contributed by atoms with Crippen LogP contribution in [0.5, 0.6) is 11.5 Å². The molecule has 1 aliphatic heterocycles. The average Bonchev–Trinajstić information content (AvgIpc) is 2.33. The molecule has 0 bridgehead atoms. The molecule has 0 aliphatic carbocycles. The van der Waals surface area contributed by atoms with Crippen LogP contribution in [0.1, 0.15) is 0 Å². The SMILES string of the molecule is [Li+].[c-]1cccc2c1OCO2. The maximum atomic E-state index is 5.04. The molecule has 0 aromatic heterocycles. The summed E-state index contributed by atoms with van der Waals surface area (Å²) in [5.41, 5.74) is 0. The summed E-state index contributed by atoms with van der Waals surface area (Å²) in [5, 5.41) is 0. The van der Waals surface area contributed by atoms with Crippen LogP contribution in [0.2, 0.25) is 0 Å². The van der Waals surface area contributed by atoms with Gasteiger partial charge in [-0.3, -0.25) is 0 Å². The summed E-state index contributed by atoms with van der Waals surface area (Å²) in [4.78, 5) is 0. The van der Waals surface area contributed by atoms with Crippen molar-refractivity contribution in [2.45, 2.75) is 0 Å².